The van der Waals surface area contributed by atoms with E-state index < -0.39 is 9.84 Å². The van der Waals surface area contributed by atoms with Gasteiger partial charge in [-0.15, -0.1) is 0 Å². The molecule has 0 saturated carbocycles. The number of phenolic OH excluding ortho intramolecular Hbond substituents is 1. The van der Waals surface area contributed by atoms with Gasteiger partial charge in [0.25, 0.3) is 5.91 Å². The van der Waals surface area contributed by atoms with Crippen LogP contribution in [0.4, 0.5) is 0 Å². The van der Waals surface area contributed by atoms with Gasteiger partial charge in [-0.25, -0.2) is 8.42 Å². The molecule has 6 heteroatoms. The highest BCUT2D eigenvalue weighted by Crippen LogP contribution is 2.18. The fourth-order valence-corrected chi connectivity index (χ4v) is 3.38. The lowest BCUT2D eigenvalue weighted by molar-refractivity contribution is 0.0768. The number of aryl methyl sites for hydroxylation is 1. The third-order valence-electron chi connectivity index (χ3n) is 3.29. The molecule has 1 aromatic rings. The lowest BCUT2D eigenvalue weighted by Gasteiger charge is -2.20. The molecular formula is C13H17NO4S. The standard InChI is InChI=1S/C13H17NO4S/c1-10-9-11(3-4-12(10)15)13(16)14-5-2-7-19(17,18)8-6-14/h3-4,9,15H,2,5-8H2,1H3. The fraction of sp³-hybridized carbons (Fsp3) is 0.462. The molecule has 0 aliphatic carbocycles. The Hall–Kier alpha value is -1.56. The van der Waals surface area contributed by atoms with Gasteiger partial charge in [0.1, 0.15) is 5.75 Å². The molecule has 19 heavy (non-hydrogen) atoms. The third kappa shape index (κ3) is 3.26. The van der Waals surface area contributed by atoms with E-state index in [1.165, 1.54) is 6.07 Å². The maximum atomic E-state index is 12.3. The van der Waals surface area contributed by atoms with Crippen molar-refractivity contribution in [3.05, 3.63) is 29.3 Å². The number of carbonyl (C=O) groups excluding carboxylic acids is 1. The molecule has 1 aromatic carbocycles. The van der Waals surface area contributed by atoms with E-state index in [9.17, 15) is 18.3 Å². The van der Waals surface area contributed by atoms with Crippen molar-refractivity contribution in [3.8, 4) is 5.75 Å². The second kappa shape index (κ2) is 5.21. The van der Waals surface area contributed by atoms with Gasteiger partial charge in [-0.3, -0.25) is 4.79 Å². The highest BCUT2D eigenvalue weighted by atomic mass is 32.2. The van der Waals surface area contributed by atoms with Crippen LogP contribution in [0, 0.1) is 6.92 Å². The second-order valence-corrected chi connectivity index (χ2v) is 7.10. The molecule has 1 N–H and O–H groups in total. The molecule has 0 bridgehead atoms. The summed E-state index contributed by atoms with van der Waals surface area (Å²) in [6.45, 7) is 2.41. The highest BCUT2D eigenvalue weighted by molar-refractivity contribution is 7.91. The van der Waals surface area contributed by atoms with Crippen LogP contribution in [0.2, 0.25) is 0 Å². The third-order valence-corrected chi connectivity index (χ3v) is 5.00. The Morgan fingerprint density at radius 2 is 2.00 bits per heavy atom. The lowest BCUT2D eigenvalue weighted by Crippen LogP contribution is -2.33. The first kappa shape index (κ1) is 13.9. The number of hydrogen-bond acceptors (Lipinski definition) is 4. The predicted octanol–water partition coefficient (Wildman–Crippen LogP) is 0.961. The van der Waals surface area contributed by atoms with Crippen LogP contribution in [-0.4, -0.2) is 48.9 Å². The molecule has 1 amide bonds. The first-order chi connectivity index (χ1) is 8.89. The highest BCUT2D eigenvalue weighted by Gasteiger charge is 2.23. The summed E-state index contributed by atoms with van der Waals surface area (Å²) in [5.41, 5.74) is 1.11. The first-order valence-corrected chi connectivity index (χ1v) is 8.00. The van der Waals surface area contributed by atoms with Crippen molar-refractivity contribution in [1.29, 1.82) is 0 Å². The molecular weight excluding hydrogens is 266 g/mol. The van der Waals surface area contributed by atoms with Gasteiger partial charge in [0, 0.05) is 18.7 Å². The summed E-state index contributed by atoms with van der Waals surface area (Å²) in [5, 5.41) is 9.45. The smallest absolute Gasteiger partial charge is 0.253 e. The summed E-state index contributed by atoms with van der Waals surface area (Å²) in [5.74, 6) is 0.136. The SMILES string of the molecule is Cc1cc(C(=O)N2CCCS(=O)(=O)CC2)ccc1O. The van der Waals surface area contributed by atoms with Gasteiger partial charge in [-0.05, 0) is 37.1 Å². The van der Waals surface area contributed by atoms with Crippen LogP contribution >= 0.6 is 0 Å². The molecule has 0 unspecified atom stereocenters. The average molecular weight is 283 g/mol. The molecule has 2 rings (SSSR count). The molecule has 5 nitrogen and oxygen atoms in total. The van der Waals surface area contributed by atoms with E-state index in [2.05, 4.69) is 0 Å². The molecule has 0 radical (unpaired) electrons. The van der Waals surface area contributed by atoms with Gasteiger partial charge in [0.15, 0.2) is 9.84 Å². The van der Waals surface area contributed by atoms with Gasteiger partial charge in [0.2, 0.25) is 0 Å². The van der Waals surface area contributed by atoms with Gasteiger partial charge in [-0.1, -0.05) is 0 Å². The molecule has 0 spiro atoms. The second-order valence-electron chi connectivity index (χ2n) is 4.80. The molecule has 1 fully saturated rings. The fourth-order valence-electron chi connectivity index (χ4n) is 2.11. The van der Waals surface area contributed by atoms with Crippen LogP contribution in [0.25, 0.3) is 0 Å². The van der Waals surface area contributed by atoms with Crippen LogP contribution in [0.1, 0.15) is 22.3 Å². The van der Waals surface area contributed by atoms with Gasteiger partial charge < -0.3 is 10.0 Å². The van der Waals surface area contributed by atoms with E-state index in [1.807, 2.05) is 0 Å². The van der Waals surface area contributed by atoms with Crippen LogP contribution in [-0.2, 0) is 9.84 Å². The molecule has 1 saturated heterocycles. The Morgan fingerprint density at radius 1 is 1.26 bits per heavy atom. The number of phenols is 1. The zero-order valence-corrected chi connectivity index (χ0v) is 11.6. The van der Waals surface area contributed by atoms with E-state index in [4.69, 9.17) is 0 Å². The monoisotopic (exact) mass is 283 g/mol. The molecule has 0 aromatic heterocycles. The van der Waals surface area contributed by atoms with Crippen LogP contribution in [0.3, 0.4) is 0 Å². The normalized spacial score (nSPS) is 18.9. The quantitative estimate of drug-likeness (QED) is 0.833. The number of aromatic hydroxyl groups is 1. The van der Waals surface area contributed by atoms with Crippen molar-refractivity contribution >= 4 is 15.7 Å². The van der Waals surface area contributed by atoms with Crippen molar-refractivity contribution in [3.63, 3.8) is 0 Å². The number of carbonyl (C=O) groups is 1. The summed E-state index contributed by atoms with van der Waals surface area (Å²) in [7, 11) is -3.02. The molecule has 1 heterocycles. The first-order valence-electron chi connectivity index (χ1n) is 6.18. The number of hydrogen-bond donors (Lipinski definition) is 1. The summed E-state index contributed by atoms with van der Waals surface area (Å²) < 4.78 is 23.0. The number of amides is 1. The van der Waals surface area contributed by atoms with E-state index in [1.54, 1.807) is 24.0 Å². The number of benzene rings is 1. The number of rotatable bonds is 1. The van der Waals surface area contributed by atoms with E-state index >= 15 is 0 Å². The minimum absolute atomic E-state index is 0.0236. The van der Waals surface area contributed by atoms with Crippen LogP contribution in [0.5, 0.6) is 5.75 Å². The van der Waals surface area contributed by atoms with Crippen LogP contribution in [0.15, 0.2) is 18.2 Å². The number of nitrogens with zero attached hydrogens (tertiary/aromatic N) is 1. The zero-order chi connectivity index (χ0) is 14.0. The van der Waals surface area contributed by atoms with Crippen molar-refractivity contribution < 1.29 is 18.3 Å². The maximum absolute atomic E-state index is 12.3. The molecule has 0 atom stereocenters. The van der Waals surface area contributed by atoms with E-state index in [-0.39, 0.29) is 29.7 Å². The van der Waals surface area contributed by atoms with Crippen molar-refractivity contribution in [2.75, 3.05) is 24.6 Å². The summed E-state index contributed by atoms with van der Waals surface area (Å²) in [4.78, 5) is 13.8. The Balaban J connectivity index is 2.17. The lowest BCUT2D eigenvalue weighted by atomic mass is 10.1. The van der Waals surface area contributed by atoms with Crippen molar-refractivity contribution in [1.82, 2.24) is 4.90 Å². The van der Waals surface area contributed by atoms with E-state index in [0.717, 1.165) is 0 Å². The van der Waals surface area contributed by atoms with E-state index in [0.29, 0.717) is 24.1 Å². The van der Waals surface area contributed by atoms with Gasteiger partial charge >= 0.3 is 0 Å². The van der Waals surface area contributed by atoms with Crippen LogP contribution < -0.4 is 0 Å². The summed E-state index contributed by atoms with van der Waals surface area (Å²) in [6.07, 6.45) is 0.477. The number of sulfone groups is 1. The summed E-state index contributed by atoms with van der Waals surface area (Å²) >= 11 is 0. The molecule has 1 aliphatic heterocycles. The molecule has 104 valence electrons. The largest absolute Gasteiger partial charge is 0.508 e. The molecule has 1 aliphatic rings. The Bertz CT molecular complexity index is 595. The Morgan fingerprint density at radius 3 is 2.68 bits per heavy atom. The topological polar surface area (TPSA) is 74.7 Å². The van der Waals surface area contributed by atoms with Gasteiger partial charge in [0.05, 0.1) is 11.5 Å². The zero-order valence-electron chi connectivity index (χ0n) is 10.8. The predicted molar refractivity (Wildman–Crippen MR) is 72.0 cm³/mol. The minimum atomic E-state index is -3.02. The summed E-state index contributed by atoms with van der Waals surface area (Å²) in [6, 6.07) is 4.66. The van der Waals surface area contributed by atoms with Crippen molar-refractivity contribution in [2.24, 2.45) is 0 Å². The van der Waals surface area contributed by atoms with Crippen molar-refractivity contribution in [2.45, 2.75) is 13.3 Å². The minimum Gasteiger partial charge on any atom is -0.508 e. The Labute approximate surface area is 112 Å². The Kier molecular flexibility index (Phi) is 3.80. The maximum Gasteiger partial charge on any atom is 0.253 e. The van der Waals surface area contributed by atoms with Gasteiger partial charge in [-0.2, -0.15) is 0 Å². The average Bonchev–Trinajstić information content (AvgIpc) is 2.53.